The van der Waals surface area contributed by atoms with Crippen LogP contribution in [0.4, 0.5) is 9.18 Å². The number of nitrogens with one attached hydrogen (secondary N) is 1. The smallest absolute Gasteiger partial charge is 0.409 e. The van der Waals surface area contributed by atoms with Crippen molar-refractivity contribution in [3.8, 4) is 5.75 Å². The molecule has 0 unspecified atom stereocenters. The summed E-state index contributed by atoms with van der Waals surface area (Å²) < 4.78 is 21.2. The van der Waals surface area contributed by atoms with E-state index in [0.717, 1.165) is 49.4 Å². The molecule has 372 valence electrons. The number of hydrogen-bond donors (Lipinski definition) is 2. The highest BCUT2D eigenvalue weighted by molar-refractivity contribution is 6.34. The molecule has 2 bridgehead atoms. The first kappa shape index (κ1) is 49.7. The van der Waals surface area contributed by atoms with Gasteiger partial charge >= 0.3 is 17.9 Å². The van der Waals surface area contributed by atoms with Crippen LogP contribution in [0.3, 0.4) is 0 Å². The van der Waals surface area contributed by atoms with E-state index in [4.69, 9.17) is 4.74 Å². The Kier molecular flexibility index (Phi) is 13.8. The zero-order valence-electron chi connectivity index (χ0n) is 42.2. The first-order chi connectivity index (χ1) is 32.1. The van der Waals surface area contributed by atoms with E-state index in [1.165, 1.54) is 110 Å². The number of aromatic hydroxyl groups is 1. The van der Waals surface area contributed by atoms with E-state index in [1.54, 1.807) is 11.9 Å². The van der Waals surface area contributed by atoms with E-state index in [9.17, 15) is 33.5 Å². The first-order valence-corrected chi connectivity index (χ1v) is 25.6. The fraction of sp³-hybridized carbons (Fsp3) is 0.704. The van der Waals surface area contributed by atoms with Crippen molar-refractivity contribution in [1.29, 1.82) is 0 Å². The largest absolute Gasteiger partial charge is 0.501 e. The number of likely N-dealkylation sites (N-methyl/N-ethyl adjacent to an activating group) is 2. The molecule has 3 heterocycles. The second-order valence-electron chi connectivity index (χ2n) is 23.3. The maximum atomic E-state index is 14.3. The van der Waals surface area contributed by atoms with E-state index in [1.807, 2.05) is 0 Å². The number of allylic oxidation sites excluding steroid dienone is 1. The summed E-state index contributed by atoms with van der Waals surface area (Å²) in [6.45, 7) is 12.6. The number of nitrogens with zero attached hydrogens (tertiary/aromatic N) is 5. The van der Waals surface area contributed by atoms with E-state index in [-0.39, 0.29) is 49.8 Å². The Labute approximate surface area is 402 Å². The molecule has 0 radical (unpaired) electrons. The van der Waals surface area contributed by atoms with Crippen LogP contribution >= 0.6 is 0 Å². The van der Waals surface area contributed by atoms with Gasteiger partial charge < -0.3 is 29.9 Å². The molecule has 2 aromatic rings. The molecule has 13 nitrogen and oxygen atoms in total. The monoisotopic (exact) mass is 941 g/mol. The summed E-state index contributed by atoms with van der Waals surface area (Å²) in [7, 11) is 6.20. The summed E-state index contributed by atoms with van der Waals surface area (Å²) in [6, 6.07) is 5.54. The Morgan fingerprint density at radius 2 is 1.62 bits per heavy atom. The molecule has 4 amide bonds. The van der Waals surface area contributed by atoms with Gasteiger partial charge in [0, 0.05) is 59.7 Å². The van der Waals surface area contributed by atoms with Gasteiger partial charge in [0.25, 0.3) is 11.5 Å². The highest BCUT2D eigenvalue weighted by atomic mass is 19.1. The van der Waals surface area contributed by atoms with Crippen molar-refractivity contribution in [3.05, 3.63) is 69.2 Å². The lowest BCUT2D eigenvalue weighted by Gasteiger charge is -2.58. The van der Waals surface area contributed by atoms with Gasteiger partial charge in [-0.25, -0.2) is 14.2 Å². The zero-order valence-corrected chi connectivity index (χ0v) is 42.2. The van der Waals surface area contributed by atoms with Crippen LogP contribution in [-0.4, -0.2) is 94.0 Å². The summed E-state index contributed by atoms with van der Waals surface area (Å²) in [5.41, 5.74) is -0.768. The highest BCUT2D eigenvalue weighted by Crippen LogP contribution is 2.67. The lowest BCUT2D eigenvalue weighted by atomic mass is 9.47. The summed E-state index contributed by atoms with van der Waals surface area (Å²) in [6.07, 6.45) is 16.3. The van der Waals surface area contributed by atoms with Gasteiger partial charge in [-0.3, -0.25) is 23.7 Å². The number of hydrogen-bond acceptors (Lipinski definition) is 8. The van der Waals surface area contributed by atoms with E-state index in [2.05, 4.69) is 51.0 Å². The number of halogens is 1. The molecule has 9 rings (SSSR count). The summed E-state index contributed by atoms with van der Waals surface area (Å²) in [5.74, 6) is 0.916. The fourth-order valence-electron chi connectivity index (χ4n) is 14.8. The molecule has 0 spiro atoms. The first-order valence-electron chi connectivity index (χ1n) is 25.6. The maximum absolute atomic E-state index is 14.3. The lowest BCUT2D eigenvalue weighted by Crippen LogP contribution is -2.55. The number of rotatable bonds is 12. The molecule has 4 saturated carbocycles. The summed E-state index contributed by atoms with van der Waals surface area (Å²) in [4.78, 5) is 77.7. The van der Waals surface area contributed by atoms with E-state index >= 15 is 0 Å². The Hall–Kier alpha value is -4.75. The molecule has 2 N–H and O–H groups in total. The number of carbonyl (C=O) groups excluding carboxylic acids is 4. The predicted molar refractivity (Wildman–Crippen MR) is 258 cm³/mol. The zero-order chi connectivity index (χ0) is 49.1. The molecule has 5 aliphatic carbocycles. The van der Waals surface area contributed by atoms with Gasteiger partial charge in [0.1, 0.15) is 23.3 Å². The van der Waals surface area contributed by atoms with Gasteiger partial charge in [-0.15, -0.1) is 0 Å². The Morgan fingerprint density at radius 1 is 0.912 bits per heavy atom. The highest BCUT2D eigenvalue weighted by Gasteiger charge is 2.60. The summed E-state index contributed by atoms with van der Waals surface area (Å²) in [5, 5.41) is 14.0. The van der Waals surface area contributed by atoms with Gasteiger partial charge in [0.2, 0.25) is 5.75 Å². The lowest BCUT2D eigenvalue weighted by molar-refractivity contribution is -0.155. The van der Waals surface area contributed by atoms with Crippen molar-refractivity contribution in [2.75, 3.05) is 34.7 Å². The van der Waals surface area contributed by atoms with Crippen LogP contribution in [0.2, 0.25) is 0 Å². The average molecular weight is 941 g/mol. The standard InChI is InChI=1S/C54H77FN6O7/c1-33(2)11-10-12-34(3)40-19-20-41-39-18-15-36-29-38(21-23-51(36,4)42(39)22-24-52(40,41)5)68-50(67)59(8)31-53-25-27-54(28-26-53,60(9)48(66)47(65)58(6)7)49-57-43(44(62)46(64)61(49)32-53)45(63)56-30-35-13-16-37(55)17-14-35/h13-17,33-34,38-42,62H,10-12,18-32H2,1-9H3,(H,56,63)/t34-,38+,39+,40-,41+,42+,51+,52-,53?,54?/m1/s1. The Bertz CT molecular complexity index is 2350. The van der Waals surface area contributed by atoms with E-state index in [0.29, 0.717) is 35.7 Å². The Balaban J connectivity index is 0.967. The van der Waals surface area contributed by atoms with Crippen LogP contribution in [0.5, 0.6) is 5.75 Å². The number of amides is 4. The van der Waals surface area contributed by atoms with Crippen molar-refractivity contribution < 1.29 is 33.4 Å². The molecule has 68 heavy (non-hydrogen) atoms. The van der Waals surface area contributed by atoms with Gasteiger partial charge in [0.15, 0.2) is 5.69 Å². The van der Waals surface area contributed by atoms with E-state index < -0.39 is 57.6 Å². The Morgan fingerprint density at radius 3 is 2.29 bits per heavy atom. The molecule has 1 aromatic heterocycles. The molecule has 4 fully saturated rings. The molecule has 1 aromatic carbocycles. The molecular formula is C54H77FN6O7. The maximum Gasteiger partial charge on any atom is 0.409 e. The van der Waals surface area contributed by atoms with Crippen molar-refractivity contribution in [2.24, 2.45) is 51.8 Å². The predicted octanol–water partition coefficient (Wildman–Crippen LogP) is 8.81. The van der Waals surface area contributed by atoms with Gasteiger partial charge in [-0.05, 0) is 135 Å². The molecule has 7 aliphatic rings. The van der Waals surface area contributed by atoms with Gasteiger partial charge in [0.05, 0.1) is 0 Å². The SMILES string of the molecule is CC(C)CCC[C@@H](C)[C@H]1CC[C@H]2[C@@H]3CC=C4C[C@@H](OC(=O)N(C)CC56CCC(N(C)C(=O)C(=O)N(C)C)(CC5)c5nc(C(=O)NCc7ccc(F)cc7)c(O)c(=O)n5C6)CC[C@]4(C)[C@H]3CC[C@]12C. The third-order valence-corrected chi connectivity index (χ3v) is 18.7. The minimum absolute atomic E-state index is 0.0253. The van der Waals surface area contributed by atoms with Gasteiger partial charge in [-0.1, -0.05) is 77.7 Å². The van der Waals surface area contributed by atoms with Crippen LogP contribution in [0, 0.1) is 57.6 Å². The molecule has 14 heteroatoms. The van der Waals surface area contributed by atoms with Crippen molar-refractivity contribution in [1.82, 2.24) is 29.6 Å². The second-order valence-corrected chi connectivity index (χ2v) is 23.3. The van der Waals surface area contributed by atoms with Gasteiger partial charge in [-0.2, -0.15) is 0 Å². The third kappa shape index (κ3) is 8.88. The minimum Gasteiger partial charge on any atom is -0.501 e. The fourth-order valence-corrected chi connectivity index (χ4v) is 14.8. The van der Waals surface area contributed by atoms with Crippen LogP contribution in [0.1, 0.15) is 153 Å². The number of carbonyl (C=O) groups is 4. The number of benzene rings is 1. The van der Waals surface area contributed by atoms with Crippen LogP contribution < -0.4 is 10.9 Å². The normalized spacial score (nSPS) is 31.8. The minimum atomic E-state index is -1.29. The molecule has 8 atom stereocenters. The van der Waals surface area contributed by atoms with Crippen molar-refractivity contribution in [3.63, 3.8) is 0 Å². The van der Waals surface area contributed by atoms with Crippen molar-refractivity contribution in [2.45, 2.75) is 156 Å². The van der Waals surface area contributed by atoms with Crippen LogP contribution in [-0.2, 0) is 33.0 Å². The van der Waals surface area contributed by atoms with Crippen LogP contribution in [0.15, 0.2) is 40.7 Å². The number of aromatic nitrogens is 2. The number of fused-ring (bicyclic) bond motifs is 7. The third-order valence-electron chi connectivity index (χ3n) is 18.7. The molecular weight excluding hydrogens is 864 g/mol. The quantitative estimate of drug-likeness (QED) is 0.158. The second kappa shape index (κ2) is 18.9. The number of ether oxygens (including phenoxy) is 1. The van der Waals surface area contributed by atoms with Crippen molar-refractivity contribution >= 4 is 23.8 Å². The average Bonchev–Trinajstić information content (AvgIpc) is 3.52. The molecule has 2 aliphatic heterocycles. The molecule has 0 saturated heterocycles. The topological polar surface area (TPSA) is 154 Å². The van der Waals surface area contributed by atoms with Crippen LogP contribution in [0.25, 0.3) is 0 Å². The summed E-state index contributed by atoms with van der Waals surface area (Å²) >= 11 is 0.